The molecule has 0 amide bonds. The highest BCUT2D eigenvalue weighted by molar-refractivity contribution is 5.93. The van der Waals surface area contributed by atoms with Gasteiger partial charge in [-0.25, -0.2) is 14.4 Å². The van der Waals surface area contributed by atoms with Crippen LogP contribution < -0.4 is 18.9 Å². The normalized spacial score (nSPS) is 15.5. The van der Waals surface area contributed by atoms with Crippen LogP contribution in [0.3, 0.4) is 0 Å². The lowest BCUT2D eigenvalue weighted by molar-refractivity contribution is -0.129. The Hall–Kier alpha value is -5.99. The summed E-state index contributed by atoms with van der Waals surface area (Å²) in [6, 6.07) is 32.0. The van der Waals surface area contributed by atoms with Gasteiger partial charge in [-0.15, -0.1) is 0 Å². The van der Waals surface area contributed by atoms with Gasteiger partial charge in [0.15, 0.2) is 0 Å². The minimum absolute atomic E-state index is 0.0461. The molecule has 0 aliphatic heterocycles. The van der Waals surface area contributed by atoms with Crippen LogP contribution in [0.15, 0.2) is 115 Å². The van der Waals surface area contributed by atoms with Crippen molar-refractivity contribution < 1.29 is 38.4 Å². The first-order chi connectivity index (χ1) is 26.9. The van der Waals surface area contributed by atoms with Crippen LogP contribution in [0.2, 0.25) is 0 Å². The summed E-state index contributed by atoms with van der Waals surface area (Å²) in [4.78, 5) is 39.5. The van der Waals surface area contributed by atoms with Crippen LogP contribution in [0, 0.1) is 0 Å². The number of hydrogen-bond donors (Lipinski definition) is 1. The molecule has 1 atom stereocenters. The van der Waals surface area contributed by atoms with Crippen molar-refractivity contribution in [2.45, 2.75) is 70.3 Å². The number of unbranched alkanes of at least 4 members (excludes halogenated alkanes) is 3. The maximum atomic E-state index is 13.6. The fraction of sp³-hybridized carbons (Fsp3) is 0.255. The highest BCUT2D eigenvalue weighted by Crippen LogP contribution is 2.57. The zero-order chi connectivity index (χ0) is 38.2. The van der Waals surface area contributed by atoms with E-state index in [1.165, 1.54) is 18.9 Å². The second-order valence-corrected chi connectivity index (χ2v) is 14.1. The fourth-order valence-electron chi connectivity index (χ4n) is 7.70. The monoisotopic (exact) mass is 736 g/mol. The molecule has 1 N–H and O–H groups in total. The van der Waals surface area contributed by atoms with Gasteiger partial charge in [0.1, 0.15) is 23.0 Å². The number of rotatable bonds is 14. The van der Waals surface area contributed by atoms with E-state index in [-0.39, 0.29) is 6.61 Å². The van der Waals surface area contributed by atoms with Crippen molar-refractivity contribution in [2.75, 3.05) is 6.61 Å². The molecule has 2 aliphatic rings. The molecule has 0 radical (unpaired) electrons. The lowest BCUT2D eigenvalue weighted by atomic mass is 9.76. The summed E-state index contributed by atoms with van der Waals surface area (Å²) in [6.45, 7) is 2.76. The molecule has 0 fully saturated rings. The average Bonchev–Trinajstić information content (AvgIpc) is 3.79. The van der Waals surface area contributed by atoms with Gasteiger partial charge in [0.25, 0.3) is 0 Å². The van der Waals surface area contributed by atoms with E-state index in [0.29, 0.717) is 40.7 Å². The zero-order valence-corrected chi connectivity index (χ0v) is 30.9. The van der Waals surface area contributed by atoms with Crippen LogP contribution in [-0.4, -0.2) is 29.6 Å². The van der Waals surface area contributed by atoms with E-state index in [9.17, 15) is 19.5 Å². The van der Waals surface area contributed by atoms with Gasteiger partial charge < -0.3 is 24.1 Å². The second-order valence-electron chi connectivity index (χ2n) is 14.1. The summed E-state index contributed by atoms with van der Waals surface area (Å²) >= 11 is 0. The summed E-state index contributed by atoms with van der Waals surface area (Å²) < 4.78 is 23.5. The van der Waals surface area contributed by atoms with Gasteiger partial charge in [0.05, 0.1) is 24.3 Å². The van der Waals surface area contributed by atoms with Gasteiger partial charge in [-0.1, -0.05) is 74.7 Å². The largest absolute Gasteiger partial charge is 0.494 e. The summed E-state index contributed by atoms with van der Waals surface area (Å²) in [5.41, 5.74) is 5.93. The first-order valence-electron chi connectivity index (χ1n) is 19.0. The van der Waals surface area contributed by atoms with Crippen molar-refractivity contribution in [2.24, 2.45) is 0 Å². The number of carbonyl (C=O) groups is 3. The summed E-state index contributed by atoms with van der Waals surface area (Å²) in [5.74, 6) is 0.445. The molecule has 1 spiro atoms. The fourth-order valence-corrected chi connectivity index (χ4v) is 7.70. The minimum Gasteiger partial charge on any atom is -0.494 e. The first-order valence-corrected chi connectivity index (χ1v) is 19.0. The van der Waals surface area contributed by atoms with E-state index in [4.69, 9.17) is 18.9 Å². The maximum Gasteiger partial charge on any atom is 0.343 e. The van der Waals surface area contributed by atoms with Crippen LogP contribution in [-0.2, 0) is 29.7 Å². The van der Waals surface area contributed by atoms with Crippen molar-refractivity contribution in [1.82, 2.24) is 0 Å². The summed E-state index contributed by atoms with van der Waals surface area (Å²) in [5, 5.41) is 9.31. The number of fused-ring (bicyclic) bond motifs is 4. The summed E-state index contributed by atoms with van der Waals surface area (Å²) in [7, 11) is 0. The highest BCUT2D eigenvalue weighted by Gasteiger charge is 2.49. The van der Waals surface area contributed by atoms with Crippen molar-refractivity contribution >= 4 is 24.0 Å². The average molecular weight is 737 g/mol. The Morgan fingerprint density at radius 1 is 0.655 bits per heavy atom. The Labute approximate surface area is 321 Å². The van der Waals surface area contributed by atoms with E-state index < -0.39 is 23.3 Å². The Morgan fingerprint density at radius 2 is 1.24 bits per heavy atom. The molecule has 0 bridgehead atoms. The van der Waals surface area contributed by atoms with E-state index in [1.54, 1.807) is 66.7 Å². The van der Waals surface area contributed by atoms with Gasteiger partial charge in [0, 0.05) is 22.6 Å². The third-order valence-electron chi connectivity index (χ3n) is 10.5. The Bertz CT molecular complexity index is 2180. The van der Waals surface area contributed by atoms with E-state index in [1.807, 2.05) is 36.4 Å². The molecule has 0 aromatic heterocycles. The third-order valence-corrected chi connectivity index (χ3v) is 10.5. The topological polar surface area (TPSA) is 108 Å². The molecular weight excluding hydrogens is 693 g/mol. The van der Waals surface area contributed by atoms with E-state index in [2.05, 4.69) is 19.1 Å². The number of aliphatic hydroxyl groups excluding tert-OH is 1. The maximum absolute atomic E-state index is 13.6. The number of aryl methyl sites for hydroxylation is 2. The lowest BCUT2D eigenvalue weighted by Crippen LogP contribution is -2.24. The molecule has 0 saturated heterocycles. The molecule has 5 aromatic carbocycles. The quantitative estimate of drug-likeness (QED) is 0.0520. The van der Waals surface area contributed by atoms with Crippen LogP contribution in [0.1, 0.15) is 99.5 Å². The molecule has 0 saturated carbocycles. The predicted octanol–water partition coefficient (Wildman–Crippen LogP) is 9.37. The van der Waals surface area contributed by atoms with Crippen molar-refractivity contribution in [1.29, 1.82) is 0 Å². The summed E-state index contributed by atoms with van der Waals surface area (Å²) in [6.07, 6.45) is 10.7. The van der Waals surface area contributed by atoms with Gasteiger partial charge in [-0.05, 0) is 121 Å². The molecule has 7 rings (SSSR count). The minimum atomic E-state index is -0.534. The predicted molar refractivity (Wildman–Crippen MR) is 210 cm³/mol. The Morgan fingerprint density at radius 3 is 1.84 bits per heavy atom. The molecule has 8 heteroatoms. The number of benzene rings is 5. The Balaban J connectivity index is 1.03. The van der Waals surface area contributed by atoms with E-state index in [0.717, 1.165) is 71.9 Å². The van der Waals surface area contributed by atoms with E-state index >= 15 is 0 Å². The number of aliphatic hydroxyl groups is 1. The first kappa shape index (κ1) is 37.3. The second kappa shape index (κ2) is 17.0. The molecular formula is C47H44O8. The molecule has 0 heterocycles. The van der Waals surface area contributed by atoms with Crippen LogP contribution in [0.4, 0.5) is 0 Å². The molecule has 1 unspecified atom stereocenters. The van der Waals surface area contributed by atoms with Crippen LogP contribution in [0.25, 0.3) is 6.08 Å². The molecule has 55 heavy (non-hydrogen) atoms. The number of esters is 3. The van der Waals surface area contributed by atoms with Crippen molar-refractivity contribution in [3.05, 3.63) is 160 Å². The van der Waals surface area contributed by atoms with Crippen molar-refractivity contribution in [3.63, 3.8) is 0 Å². The highest BCUT2D eigenvalue weighted by atomic mass is 16.5. The van der Waals surface area contributed by atoms with Crippen LogP contribution in [0.5, 0.6) is 23.0 Å². The van der Waals surface area contributed by atoms with Gasteiger partial charge in [-0.2, -0.15) is 0 Å². The molecule has 5 aromatic rings. The zero-order valence-electron chi connectivity index (χ0n) is 30.9. The standard InChI is InChI=1S/C47H44O8/c1-2-3-4-5-30-52-38-21-17-36(18-22-38)45(50)53-39-23-19-37(20-24-39)46(51)55-41-11-7-9-35-27-29-47(44(35)41)28-26-34-8-6-10-40(43(34)47)54-42(49)25-16-32-12-14-33(31-48)15-13-32/h6-25,48H,2-5,26-31H2,1H3. The van der Waals surface area contributed by atoms with Crippen LogP contribution >= 0.6 is 0 Å². The SMILES string of the molecule is CCCCCCOc1ccc(C(=O)Oc2ccc(C(=O)Oc3cccc4c3C3(CCc5cccc(OC(=O)C=Cc6ccc(CO)cc6)c53)CC4)cc2)cc1. The number of hydrogen-bond acceptors (Lipinski definition) is 8. The smallest absolute Gasteiger partial charge is 0.343 e. The van der Waals surface area contributed by atoms with Gasteiger partial charge in [0.2, 0.25) is 0 Å². The third kappa shape index (κ3) is 8.40. The molecule has 280 valence electrons. The number of carbonyl (C=O) groups excluding carboxylic acids is 3. The Kier molecular flexibility index (Phi) is 11.5. The molecule has 8 nitrogen and oxygen atoms in total. The molecule has 2 aliphatic carbocycles. The number of ether oxygens (including phenoxy) is 4. The van der Waals surface area contributed by atoms with Gasteiger partial charge >= 0.3 is 17.9 Å². The van der Waals surface area contributed by atoms with Crippen molar-refractivity contribution in [3.8, 4) is 23.0 Å². The van der Waals surface area contributed by atoms with Gasteiger partial charge in [-0.3, -0.25) is 0 Å². The lowest BCUT2D eigenvalue weighted by Gasteiger charge is -2.29.